The van der Waals surface area contributed by atoms with Crippen LogP contribution in [-0.2, 0) is 6.54 Å². The van der Waals surface area contributed by atoms with Crippen molar-refractivity contribution in [2.24, 2.45) is 0 Å². The summed E-state index contributed by atoms with van der Waals surface area (Å²) in [6.07, 6.45) is 2.66. The standard InChI is InChI=1S/C15H12FN5O2/c16-11-5-2-1-4-10(11)9-21-7-3-6-12(21)13(22)8-14(23)15-17-19-20-18-15/h1-8,23H,9H2,(H,17,18,19,20). The van der Waals surface area contributed by atoms with E-state index in [1.807, 2.05) is 0 Å². The molecule has 1 aromatic carbocycles. The topological polar surface area (TPSA) is 96.7 Å². The van der Waals surface area contributed by atoms with Crippen molar-refractivity contribution in [1.29, 1.82) is 0 Å². The molecule has 2 aromatic heterocycles. The summed E-state index contributed by atoms with van der Waals surface area (Å²) in [4.78, 5) is 12.3. The molecule has 0 aliphatic carbocycles. The SMILES string of the molecule is O=C(C=C(O)c1nn[nH]n1)c1cccn1Cc1ccccc1F. The summed E-state index contributed by atoms with van der Waals surface area (Å²) in [5.74, 6) is -1.27. The maximum Gasteiger partial charge on any atom is 0.239 e. The molecule has 0 radical (unpaired) electrons. The molecule has 8 heteroatoms. The Bertz CT molecular complexity index is 854. The van der Waals surface area contributed by atoms with Crippen LogP contribution in [0, 0.1) is 5.82 Å². The average molecular weight is 313 g/mol. The van der Waals surface area contributed by atoms with Gasteiger partial charge >= 0.3 is 0 Å². The Hall–Kier alpha value is -3.29. The maximum absolute atomic E-state index is 13.7. The normalized spacial score (nSPS) is 11.6. The van der Waals surface area contributed by atoms with Gasteiger partial charge in [0.15, 0.2) is 5.76 Å². The van der Waals surface area contributed by atoms with Crippen molar-refractivity contribution in [3.8, 4) is 0 Å². The highest BCUT2D eigenvalue weighted by atomic mass is 19.1. The molecule has 0 unspecified atom stereocenters. The number of nitrogens with zero attached hydrogens (tertiary/aromatic N) is 4. The molecule has 0 spiro atoms. The monoisotopic (exact) mass is 313 g/mol. The van der Waals surface area contributed by atoms with Gasteiger partial charge in [-0.1, -0.05) is 18.2 Å². The van der Waals surface area contributed by atoms with E-state index < -0.39 is 11.5 Å². The zero-order chi connectivity index (χ0) is 16.2. The maximum atomic E-state index is 13.7. The Morgan fingerprint density at radius 2 is 2.13 bits per heavy atom. The highest BCUT2D eigenvalue weighted by Crippen LogP contribution is 2.13. The van der Waals surface area contributed by atoms with Crippen LogP contribution < -0.4 is 0 Å². The van der Waals surface area contributed by atoms with Gasteiger partial charge in [0.2, 0.25) is 11.6 Å². The minimum Gasteiger partial charge on any atom is -0.504 e. The molecule has 7 nitrogen and oxygen atoms in total. The van der Waals surface area contributed by atoms with Gasteiger partial charge in [0.25, 0.3) is 0 Å². The van der Waals surface area contributed by atoms with E-state index in [4.69, 9.17) is 0 Å². The Morgan fingerprint density at radius 1 is 1.30 bits per heavy atom. The zero-order valence-corrected chi connectivity index (χ0v) is 11.8. The Labute approximate surface area is 130 Å². The number of aliphatic hydroxyl groups excluding tert-OH is 1. The lowest BCUT2D eigenvalue weighted by Gasteiger charge is -2.08. The van der Waals surface area contributed by atoms with Gasteiger partial charge < -0.3 is 9.67 Å². The van der Waals surface area contributed by atoms with E-state index >= 15 is 0 Å². The molecule has 0 bridgehead atoms. The lowest BCUT2D eigenvalue weighted by molar-refractivity contribution is 0.103. The van der Waals surface area contributed by atoms with Gasteiger partial charge in [-0.15, -0.1) is 10.2 Å². The molecule has 23 heavy (non-hydrogen) atoms. The van der Waals surface area contributed by atoms with Crippen LogP contribution in [0.4, 0.5) is 4.39 Å². The van der Waals surface area contributed by atoms with Crippen molar-refractivity contribution in [3.05, 3.63) is 71.6 Å². The molecule has 2 N–H and O–H groups in total. The van der Waals surface area contributed by atoms with E-state index in [9.17, 15) is 14.3 Å². The fourth-order valence-corrected chi connectivity index (χ4v) is 2.12. The van der Waals surface area contributed by atoms with E-state index in [-0.39, 0.29) is 18.2 Å². The fourth-order valence-electron chi connectivity index (χ4n) is 2.12. The molecule has 3 aromatic rings. The minimum absolute atomic E-state index is 0.0782. The number of allylic oxidation sites excluding steroid dienone is 1. The molecule has 0 atom stereocenters. The molecule has 0 saturated carbocycles. The summed E-state index contributed by atoms with van der Waals surface area (Å²) in [6.45, 7) is 0.206. The smallest absolute Gasteiger partial charge is 0.239 e. The summed E-state index contributed by atoms with van der Waals surface area (Å²) in [6, 6.07) is 9.60. The first-order valence-electron chi connectivity index (χ1n) is 6.72. The van der Waals surface area contributed by atoms with E-state index in [1.54, 1.807) is 41.1 Å². The molecule has 116 valence electrons. The van der Waals surface area contributed by atoms with Crippen LogP contribution in [0.25, 0.3) is 5.76 Å². The third kappa shape index (κ3) is 3.15. The van der Waals surface area contributed by atoms with Crippen LogP contribution in [-0.4, -0.2) is 36.1 Å². The first kappa shape index (κ1) is 14.6. The van der Waals surface area contributed by atoms with Gasteiger partial charge in [-0.25, -0.2) is 4.39 Å². The molecule has 0 amide bonds. The summed E-state index contributed by atoms with van der Waals surface area (Å²) in [5, 5.41) is 22.4. The fraction of sp³-hybridized carbons (Fsp3) is 0.0667. The van der Waals surface area contributed by atoms with E-state index in [1.165, 1.54) is 6.07 Å². The van der Waals surface area contributed by atoms with Crippen LogP contribution in [0.5, 0.6) is 0 Å². The second-order valence-electron chi connectivity index (χ2n) is 4.74. The van der Waals surface area contributed by atoms with E-state index in [0.29, 0.717) is 11.3 Å². The number of tetrazole rings is 1. The summed E-state index contributed by atoms with van der Waals surface area (Å²) >= 11 is 0. The van der Waals surface area contributed by atoms with Crippen molar-refractivity contribution in [2.45, 2.75) is 6.54 Å². The molecule has 0 fully saturated rings. The van der Waals surface area contributed by atoms with Crippen molar-refractivity contribution in [2.75, 3.05) is 0 Å². The predicted octanol–water partition coefficient (Wildman–Crippen LogP) is 1.97. The number of aliphatic hydroxyl groups is 1. The number of benzene rings is 1. The first-order valence-corrected chi connectivity index (χ1v) is 6.72. The number of hydrogen-bond donors (Lipinski definition) is 2. The van der Waals surface area contributed by atoms with Crippen molar-refractivity contribution < 1.29 is 14.3 Å². The number of nitrogens with one attached hydrogen (secondary N) is 1. The Morgan fingerprint density at radius 3 is 2.87 bits per heavy atom. The minimum atomic E-state index is -0.450. The summed E-state index contributed by atoms with van der Waals surface area (Å²) < 4.78 is 15.3. The number of halogens is 1. The van der Waals surface area contributed by atoms with Gasteiger partial charge in [0, 0.05) is 17.8 Å². The van der Waals surface area contributed by atoms with Crippen LogP contribution in [0.15, 0.2) is 48.7 Å². The third-order valence-electron chi connectivity index (χ3n) is 3.22. The van der Waals surface area contributed by atoms with Gasteiger partial charge in [-0.05, 0) is 23.4 Å². The lowest BCUT2D eigenvalue weighted by atomic mass is 10.2. The van der Waals surface area contributed by atoms with Crippen LogP contribution in [0.1, 0.15) is 21.9 Å². The Kier molecular flexibility index (Phi) is 3.96. The molecular formula is C15H12FN5O2. The Balaban J connectivity index is 1.85. The van der Waals surface area contributed by atoms with Crippen LogP contribution >= 0.6 is 0 Å². The molecule has 0 aliphatic rings. The lowest BCUT2D eigenvalue weighted by Crippen LogP contribution is -2.09. The van der Waals surface area contributed by atoms with E-state index in [0.717, 1.165) is 6.08 Å². The second kappa shape index (κ2) is 6.22. The highest BCUT2D eigenvalue weighted by molar-refractivity contribution is 6.06. The van der Waals surface area contributed by atoms with Gasteiger partial charge in [0.05, 0.1) is 12.2 Å². The summed E-state index contributed by atoms with van der Waals surface area (Å²) in [5.41, 5.74) is 0.771. The number of carbonyl (C=O) groups is 1. The summed E-state index contributed by atoms with van der Waals surface area (Å²) in [7, 11) is 0. The van der Waals surface area contributed by atoms with Gasteiger partial charge in [-0.2, -0.15) is 5.21 Å². The van der Waals surface area contributed by atoms with Crippen molar-refractivity contribution in [1.82, 2.24) is 25.2 Å². The zero-order valence-electron chi connectivity index (χ0n) is 11.8. The quantitative estimate of drug-likeness (QED) is 0.426. The highest BCUT2D eigenvalue weighted by Gasteiger charge is 2.13. The molecule has 0 saturated heterocycles. The predicted molar refractivity (Wildman–Crippen MR) is 79.0 cm³/mol. The van der Waals surface area contributed by atoms with Crippen molar-refractivity contribution in [3.63, 3.8) is 0 Å². The number of ketones is 1. The average Bonchev–Trinajstić information content (AvgIpc) is 3.20. The van der Waals surface area contributed by atoms with Crippen molar-refractivity contribution >= 4 is 11.5 Å². The number of aromatic amines is 1. The van der Waals surface area contributed by atoms with Gasteiger partial charge in [0.1, 0.15) is 5.82 Å². The number of H-pyrrole nitrogens is 1. The largest absolute Gasteiger partial charge is 0.504 e. The molecule has 0 aliphatic heterocycles. The van der Waals surface area contributed by atoms with Crippen LogP contribution in [0.2, 0.25) is 0 Å². The third-order valence-corrected chi connectivity index (χ3v) is 3.22. The second-order valence-corrected chi connectivity index (χ2v) is 4.74. The van der Waals surface area contributed by atoms with Gasteiger partial charge in [-0.3, -0.25) is 4.79 Å². The van der Waals surface area contributed by atoms with E-state index in [2.05, 4.69) is 20.6 Å². The molecule has 3 rings (SSSR count). The van der Waals surface area contributed by atoms with Crippen LogP contribution in [0.3, 0.4) is 0 Å². The molecular weight excluding hydrogens is 301 g/mol. The first-order chi connectivity index (χ1) is 11.1. The molecule has 2 heterocycles. The number of carbonyl (C=O) groups excluding carboxylic acids is 1. The number of hydrogen-bond acceptors (Lipinski definition) is 5. The number of aromatic nitrogens is 5. The number of rotatable bonds is 5.